The van der Waals surface area contributed by atoms with Crippen LogP contribution in [0.1, 0.15) is 39.7 Å². The molecule has 1 aromatic rings. The summed E-state index contributed by atoms with van der Waals surface area (Å²) in [6, 6.07) is 0.167. The van der Waals surface area contributed by atoms with Gasteiger partial charge < -0.3 is 9.64 Å². The maximum Gasteiger partial charge on any atom is 0.410 e. The molecular formula is C12H19BrN4O2. The van der Waals surface area contributed by atoms with Crippen molar-refractivity contribution in [2.24, 2.45) is 0 Å². The van der Waals surface area contributed by atoms with Gasteiger partial charge in [0.25, 0.3) is 0 Å². The molecular weight excluding hydrogens is 312 g/mol. The molecule has 0 saturated carbocycles. The predicted octanol–water partition coefficient (Wildman–Crippen LogP) is 2.61. The third-order valence-electron chi connectivity index (χ3n) is 2.90. The number of hydrogen-bond acceptors (Lipinski definition) is 4. The molecule has 7 heteroatoms. The summed E-state index contributed by atoms with van der Waals surface area (Å²) in [4.78, 5) is 13.8. The minimum Gasteiger partial charge on any atom is -0.444 e. The quantitative estimate of drug-likeness (QED) is 0.794. The zero-order chi connectivity index (χ0) is 14.0. The second kappa shape index (κ2) is 5.48. The summed E-state index contributed by atoms with van der Waals surface area (Å²) in [5.74, 6) is 0. The largest absolute Gasteiger partial charge is 0.444 e. The van der Waals surface area contributed by atoms with Gasteiger partial charge in [0.2, 0.25) is 0 Å². The zero-order valence-electron chi connectivity index (χ0n) is 11.5. The first-order chi connectivity index (χ1) is 8.85. The number of likely N-dealkylation sites (tertiary alicyclic amines) is 1. The summed E-state index contributed by atoms with van der Waals surface area (Å²) >= 11 is 3.28. The van der Waals surface area contributed by atoms with Crippen LogP contribution in [0.2, 0.25) is 0 Å². The summed E-state index contributed by atoms with van der Waals surface area (Å²) in [5.41, 5.74) is -0.458. The summed E-state index contributed by atoms with van der Waals surface area (Å²) in [6.45, 7) is 6.98. The first kappa shape index (κ1) is 14.3. The molecule has 2 heterocycles. The Morgan fingerprint density at radius 2 is 2.26 bits per heavy atom. The zero-order valence-corrected chi connectivity index (χ0v) is 13.1. The first-order valence-electron chi connectivity index (χ1n) is 6.40. The predicted molar refractivity (Wildman–Crippen MR) is 73.8 cm³/mol. The molecule has 106 valence electrons. The Balaban J connectivity index is 1.99. The van der Waals surface area contributed by atoms with Crippen molar-refractivity contribution in [3.63, 3.8) is 0 Å². The molecule has 1 amide bonds. The van der Waals surface area contributed by atoms with E-state index in [1.54, 1.807) is 9.58 Å². The van der Waals surface area contributed by atoms with Crippen LogP contribution in [0.4, 0.5) is 4.79 Å². The third kappa shape index (κ3) is 3.92. The standard InChI is InChI=1S/C12H19BrN4O2/c1-12(2,3)19-11(18)16-6-4-5-9(7-16)17-8-10(13)14-15-17/h8-9H,4-7H2,1-3H3. The topological polar surface area (TPSA) is 60.2 Å². The number of piperidine rings is 1. The molecule has 1 aromatic heterocycles. The number of carbonyl (C=O) groups excluding carboxylic acids is 1. The van der Waals surface area contributed by atoms with Crippen molar-refractivity contribution in [3.05, 3.63) is 10.8 Å². The van der Waals surface area contributed by atoms with Crippen molar-refractivity contribution in [3.8, 4) is 0 Å². The molecule has 0 N–H and O–H groups in total. The average molecular weight is 331 g/mol. The van der Waals surface area contributed by atoms with Gasteiger partial charge >= 0.3 is 6.09 Å². The van der Waals surface area contributed by atoms with E-state index < -0.39 is 5.60 Å². The Hall–Kier alpha value is -1.11. The van der Waals surface area contributed by atoms with Gasteiger partial charge in [0, 0.05) is 13.1 Å². The van der Waals surface area contributed by atoms with E-state index in [0.29, 0.717) is 11.1 Å². The third-order valence-corrected chi connectivity index (χ3v) is 3.27. The molecule has 0 aliphatic carbocycles. The highest BCUT2D eigenvalue weighted by molar-refractivity contribution is 9.10. The number of hydrogen-bond donors (Lipinski definition) is 0. The van der Waals surface area contributed by atoms with E-state index in [0.717, 1.165) is 19.4 Å². The lowest BCUT2D eigenvalue weighted by molar-refractivity contribution is 0.0166. The molecule has 1 unspecified atom stereocenters. The number of amides is 1. The van der Waals surface area contributed by atoms with Crippen LogP contribution in [0.3, 0.4) is 0 Å². The highest BCUT2D eigenvalue weighted by Gasteiger charge is 2.28. The van der Waals surface area contributed by atoms with E-state index in [4.69, 9.17) is 4.74 Å². The van der Waals surface area contributed by atoms with Crippen molar-refractivity contribution in [1.82, 2.24) is 19.9 Å². The van der Waals surface area contributed by atoms with E-state index in [-0.39, 0.29) is 12.1 Å². The fourth-order valence-electron chi connectivity index (χ4n) is 2.10. The number of ether oxygens (including phenoxy) is 1. The van der Waals surface area contributed by atoms with Gasteiger partial charge in [-0.3, -0.25) is 0 Å². The van der Waals surface area contributed by atoms with Gasteiger partial charge in [-0.25, -0.2) is 9.48 Å². The van der Waals surface area contributed by atoms with Gasteiger partial charge in [0.15, 0.2) is 0 Å². The Bertz CT molecular complexity index is 455. The summed E-state index contributed by atoms with van der Waals surface area (Å²) in [5, 5.41) is 7.96. The fraction of sp³-hybridized carbons (Fsp3) is 0.750. The van der Waals surface area contributed by atoms with Crippen LogP contribution in [0.25, 0.3) is 0 Å². The van der Waals surface area contributed by atoms with E-state index in [1.807, 2.05) is 27.0 Å². The van der Waals surface area contributed by atoms with Crippen molar-refractivity contribution >= 4 is 22.0 Å². The van der Waals surface area contributed by atoms with Crippen LogP contribution in [-0.4, -0.2) is 44.7 Å². The van der Waals surface area contributed by atoms with Crippen molar-refractivity contribution < 1.29 is 9.53 Å². The van der Waals surface area contributed by atoms with E-state index >= 15 is 0 Å². The van der Waals surface area contributed by atoms with Gasteiger partial charge in [-0.05, 0) is 49.5 Å². The molecule has 2 rings (SSSR count). The molecule has 0 aromatic carbocycles. The normalized spacial score (nSPS) is 20.4. The van der Waals surface area contributed by atoms with Crippen LogP contribution < -0.4 is 0 Å². The Kier molecular flexibility index (Phi) is 4.13. The monoisotopic (exact) mass is 330 g/mol. The molecule has 19 heavy (non-hydrogen) atoms. The minimum atomic E-state index is -0.458. The van der Waals surface area contributed by atoms with Crippen molar-refractivity contribution in [2.45, 2.75) is 45.3 Å². The molecule has 1 saturated heterocycles. The molecule has 0 spiro atoms. The van der Waals surface area contributed by atoms with Crippen LogP contribution in [0.15, 0.2) is 10.8 Å². The van der Waals surface area contributed by atoms with Gasteiger partial charge in [-0.15, -0.1) is 5.10 Å². The lowest BCUT2D eigenvalue weighted by atomic mass is 10.1. The Morgan fingerprint density at radius 3 is 2.84 bits per heavy atom. The summed E-state index contributed by atoms with van der Waals surface area (Å²) in [7, 11) is 0. The van der Waals surface area contributed by atoms with Gasteiger partial charge in [0.1, 0.15) is 10.2 Å². The van der Waals surface area contributed by atoms with Gasteiger partial charge in [-0.2, -0.15) is 0 Å². The van der Waals surface area contributed by atoms with Crippen molar-refractivity contribution in [2.75, 3.05) is 13.1 Å². The Morgan fingerprint density at radius 1 is 1.53 bits per heavy atom. The highest BCUT2D eigenvalue weighted by Crippen LogP contribution is 2.23. The number of nitrogens with zero attached hydrogens (tertiary/aromatic N) is 4. The van der Waals surface area contributed by atoms with Crippen LogP contribution in [0.5, 0.6) is 0 Å². The Labute approximate surface area is 121 Å². The van der Waals surface area contributed by atoms with Crippen LogP contribution >= 0.6 is 15.9 Å². The molecule has 1 atom stereocenters. The maximum atomic E-state index is 12.0. The fourth-order valence-corrected chi connectivity index (χ4v) is 2.38. The van der Waals surface area contributed by atoms with Gasteiger partial charge in [-0.1, -0.05) is 5.21 Å². The SMILES string of the molecule is CC(C)(C)OC(=O)N1CCCC(n2cc(Br)nn2)C1. The molecule has 0 bridgehead atoms. The van der Waals surface area contributed by atoms with E-state index in [1.165, 1.54) is 0 Å². The lowest BCUT2D eigenvalue weighted by Gasteiger charge is -2.33. The molecule has 6 nitrogen and oxygen atoms in total. The number of rotatable bonds is 1. The van der Waals surface area contributed by atoms with Crippen molar-refractivity contribution in [1.29, 1.82) is 0 Å². The number of halogens is 1. The summed E-state index contributed by atoms with van der Waals surface area (Å²) in [6.07, 6.45) is 3.52. The smallest absolute Gasteiger partial charge is 0.410 e. The molecule has 1 aliphatic rings. The summed E-state index contributed by atoms with van der Waals surface area (Å²) < 4.78 is 7.92. The molecule has 1 aliphatic heterocycles. The molecule has 0 radical (unpaired) electrons. The highest BCUT2D eigenvalue weighted by atomic mass is 79.9. The van der Waals surface area contributed by atoms with Crippen LogP contribution in [0, 0.1) is 0 Å². The lowest BCUT2D eigenvalue weighted by Crippen LogP contribution is -2.43. The number of carbonyl (C=O) groups is 1. The molecule has 1 fully saturated rings. The maximum absolute atomic E-state index is 12.0. The van der Waals surface area contributed by atoms with E-state index in [2.05, 4.69) is 26.2 Å². The van der Waals surface area contributed by atoms with E-state index in [9.17, 15) is 4.79 Å². The number of aromatic nitrogens is 3. The minimum absolute atomic E-state index is 0.167. The first-order valence-corrected chi connectivity index (χ1v) is 7.20. The second-order valence-electron chi connectivity index (χ2n) is 5.74. The second-order valence-corrected chi connectivity index (χ2v) is 6.56. The average Bonchev–Trinajstić information content (AvgIpc) is 2.74. The van der Waals surface area contributed by atoms with Gasteiger partial charge in [0.05, 0.1) is 12.2 Å². The van der Waals surface area contributed by atoms with Crippen LogP contribution in [-0.2, 0) is 4.74 Å².